The topological polar surface area (TPSA) is 74.8 Å². The highest BCUT2D eigenvalue weighted by molar-refractivity contribution is 6.30. The molecule has 1 heterocycles. The smallest absolute Gasteiger partial charge is 0.258 e. The minimum Gasteiger partial charge on any atom is -0.489 e. The molecule has 0 aliphatic carbocycles. The second-order valence-electron chi connectivity index (χ2n) is 8.15. The van der Waals surface area contributed by atoms with Crippen LogP contribution in [0.4, 0.5) is 0 Å². The minimum atomic E-state index is -0.380. The molecule has 2 atom stereocenters. The zero-order chi connectivity index (χ0) is 23.2. The van der Waals surface area contributed by atoms with Crippen molar-refractivity contribution in [3.63, 3.8) is 0 Å². The molecule has 33 heavy (non-hydrogen) atoms. The van der Waals surface area contributed by atoms with E-state index in [0.29, 0.717) is 23.8 Å². The third-order valence-electron chi connectivity index (χ3n) is 5.62. The fourth-order valence-corrected chi connectivity index (χ4v) is 3.69. The van der Waals surface area contributed by atoms with Gasteiger partial charge in [0.25, 0.3) is 5.91 Å². The number of benzene rings is 3. The number of hydrazone groups is 1. The highest BCUT2D eigenvalue weighted by Gasteiger charge is 2.30. The first-order valence-corrected chi connectivity index (χ1v) is 11.2. The summed E-state index contributed by atoms with van der Waals surface area (Å²) in [6.45, 7) is 4.44. The van der Waals surface area contributed by atoms with Gasteiger partial charge in [-0.15, -0.1) is 0 Å². The summed E-state index contributed by atoms with van der Waals surface area (Å²) in [5, 5.41) is 4.88. The van der Waals surface area contributed by atoms with E-state index in [0.717, 1.165) is 22.4 Å². The van der Waals surface area contributed by atoms with Gasteiger partial charge in [-0.2, -0.15) is 5.10 Å². The van der Waals surface area contributed by atoms with Gasteiger partial charge in [-0.1, -0.05) is 65.7 Å². The van der Waals surface area contributed by atoms with Crippen molar-refractivity contribution in [1.29, 1.82) is 0 Å². The van der Waals surface area contributed by atoms with Crippen LogP contribution in [0.1, 0.15) is 41.6 Å². The van der Waals surface area contributed by atoms with E-state index >= 15 is 0 Å². The van der Waals surface area contributed by atoms with Gasteiger partial charge in [-0.25, -0.2) is 16.3 Å². The van der Waals surface area contributed by atoms with E-state index in [9.17, 15) is 4.79 Å². The van der Waals surface area contributed by atoms with Crippen LogP contribution in [0, 0.1) is 6.92 Å². The number of carbonyl (C=O) groups is 1. The first kappa shape index (κ1) is 23.0. The summed E-state index contributed by atoms with van der Waals surface area (Å²) in [7, 11) is 0. The molecule has 1 fully saturated rings. The number of aryl methyl sites for hydroxylation is 1. The highest BCUT2D eigenvalue weighted by atomic mass is 35.5. The van der Waals surface area contributed by atoms with E-state index < -0.39 is 0 Å². The van der Waals surface area contributed by atoms with Gasteiger partial charge >= 0.3 is 0 Å². The SMILES string of the molecule is C/C(=N/NC(=O)C1CC(c2ccc(OCc3ccc(C)cc3)cc2)NN1)c1ccc(Cl)cc1. The Balaban J connectivity index is 1.28. The maximum absolute atomic E-state index is 12.5. The molecule has 7 heteroatoms. The summed E-state index contributed by atoms with van der Waals surface area (Å²) in [4.78, 5) is 12.5. The van der Waals surface area contributed by atoms with Crippen molar-refractivity contribution in [2.75, 3.05) is 0 Å². The molecule has 3 aromatic rings. The van der Waals surface area contributed by atoms with Gasteiger partial charge in [0, 0.05) is 11.1 Å². The van der Waals surface area contributed by atoms with E-state index in [2.05, 4.69) is 52.6 Å². The van der Waals surface area contributed by atoms with Crippen LogP contribution in [0.3, 0.4) is 0 Å². The molecule has 3 aromatic carbocycles. The van der Waals surface area contributed by atoms with Gasteiger partial charge in [0.2, 0.25) is 0 Å². The quantitative estimate of drug-likeness (QED) is 0.352. The van der Waals surface area contributed by atoms with Crippen molar-refractivity contribution in [1.82, 2.24) is 16.3 Å². The zero-order valence-electron chi connectivity index (χ0n) is 18.6. The molecular formula is C26H27ClN4O2. The van der Waals surface area contributed by atoms with Crippen LogP contribution in [0.15, 0.2) is 77.9 Å². The van der Waals surface area contributed by atoms with Gasteiger partial charge in [-0.05, 0) is 61.2 Å². The lowest BCUT2D eigenvalue weighted by Gasteiger charge is -2.11. The van der Waals surface area contributed by atoms with Crippen molar-refractivity contribution in [3.8, 4) is 5.75 Å². The Kier molecular flexibility index (Phi) is 7.40. The predicted molar refractivity (Wildman–Crippen MR) is 131 cm³/mol. The number of nitrogens with zero attached hydrogens (tertiary/aromatic N) is 1. The van der Waals surface area contributed by atoms with E-state index in [4.69, 9.17) is 16.3 Å². The number of rotatable bonds is 7. The molecule has 1 aliphatic rings. The molecule has 6 nitrogen and oxygen atoms in total. The third kappa shape index (κ3) is 6.20. The number of amides is 1. The Morgan fingerprint density at radius 1 is 1.03 bits per heavy atom. The molecule has 4 rings (SSSR count). The van der Waals surface area contributed by atoms with Gasteiger partial charge in [-0.3, -0.25) is 4.79 Å². The Morgan fingerprint density at radius 2 is 1.73 bits per heavy atom. The zero-order valence-corrected chi connectivity index (χ0v) is 19.4. The van der Waals surface area contributed by atoms with Gasteiger partial charge < -0.3 is 4.74 Å². The molecule has 170 valence electrons. The fraction of sp³-hybridized carbons (Fsp3) is 0.231. The number of nitrogens with one attached hydrogen (secondary N) is 3. The molecule has 2 unspecified atom stereocenters. The molecule has 0 spiro atoms. The maximum Gasteiger partial charge on any atom is 0.258 e. The van der Waals surface area contributed by atoms with Crippen molar-refractivity contribution >= 4 is 23.2 Å². The van der Waals surface area contributed by atoms with Crippen molar-refractivity contribution < 1.29 is 9.53 Å². The number of halogens is 1. The summed E-state index contributed by atoms with van der Waals surface area (Å²) >= 11 is 5.92. The summed E-state index contributed by atoms with van der Waals surface area (Å²) in [6, 6.07) is 23.2. The van der Waals surface area contributed by atoms with Crippen molar-refractivity contribution in [2.45, 2.75) is 39.0 Å². The molecule has 1 saturated heterocycles. The van der Waals surface area contributed by atoms with Crippen molar-refractivity contribution in [3.05, 3.63) is 100 Å². The van der Waals surface area contributed by atoms with Gasteiger partial charge in [0.1, 0.15) is 18.4 Å². The van der Waals surface area contributed by atoms with Crippen LogP contribution in [0.25, 0.3) is 0 Å². The van der Waals surface area contributed by atoms with E-state index in [-0.39, 0.29) is 18.0 Å². The second kappa shape index (κ2) is 10.6. The summed E-state index contributed by atoms with van der Waals surface area (Å²) in [6.07, 6.45) is 0.616. The summed E-state index contributed by atoms with van der Waals surface area (Å²) < 4.78 is 5.88. The number of ether oxygens (including phenoxy) is 1. The standard InChI is InChI=1S/C26H27ClN4O2/c1-17-3-5-19(6-4-17)16-33-23-13-9-21(10-14-23)24-15-25(30-29-24)26(32)31-28-18(2)20-7-11-22(27)12-8-20/h3-14,24-25,29-30H,15-16H2,1-2H3,(H,31,32)/b28-18-. The van der Waals surface area contributed by atoms with E-state index in [1.54, 1.807) is 12.1 Å². The highest BCUT2D eigenvalue weighted by Crippen LogP contribution is 2.25. The molecule has 0 bridgehead atoms. The maximum atomic E-state index is 12.5. The third-order valence-corrected chi connectivity index (χ3v) is 5.88. The molecule has 0 saturated carbocycles. The Hall–Kier alpha value is -3.19. The van der Waals surface area contributed by atoms with Crippen LogP contribution in [0.2, 0.25) is 5.02 Å². The lowest BCUT2D eigenvalue weighted by molar-refractivity contribution is -0.122. The Labute approximate surface area is 199 Å². The van der Waals surface area contributed by atoms with Crippen LogP contribution in [-0.4, -0.2) is 17.7 Å². The Morgan fingerprint density at radius 3 is 2.42 bits per heavy atom. The van der Waals surface area contributed by atoms with Crippen LogP contribution < -0.4 is 21.0 Å². The lowest BCUT2D eigenvalue weighted by Crippen LogP contribution is -2.41. The molecule has 1 amide bonds. The van der Waals surface area contributed by atoms with E-state index in [1.807, 2.05) is 43.3 Å². The lowest BCUT2D eigenvalue weighted by atomic mass is 10.0. The van der Waals surface area contributed by atoms with Gasteiger partial charge in [0.05, 0.1) is 5.71 Å². The van der Waals surface area contributed by atoms with Crippen LogP contribution in [-0.2, 0) is 11.4 Å². The Bertz CT molecular complexity index is 1110. The molecule has 0 radical (unpaired) electrons. The minimum absolute atomic E-state index is 0.0215. The predicted octanol–water partition coefficient (Wildman–Crippen LogP) is 4.68. The normalized spacial score (nSPS) is 18.2. The largest absolute Gasteiger partial charge is 0.489 e. The summed E-state index contributed by atoms with van der Waals surface area (Å²) in [5.74, 6) is 0.628. The number of hydrogen-bond acceptors (Lipinski definition) is 5. The van der Waals surface area contributed by atoms with Crippen molar-refractivity contribution in [2.24, 2.45) is 5.10 Å². The fourth-order valence-electron chi connectivity index (χ4n) is 3.57. The molecule has 0 aromatic heterocycles. The first-order valence-electron chi connectivity index (χ1n) is 10.9. The number of hydrazine groups is 1. The average Bonchev–Trinajstić information content (AvgIpc) is 3.33. The van der Waals surface area contributed by atoms with Crippen LogP contribution in [0.5, 0.6) is 5.75 Å². The second-order valence-corrected chi connectivity index (χ2v) is 8.59. The number of carbonyl (C=O) groups excluding carboxylic acids is 1. The van der Waals surface area contributed by atoms with Crippen LogP contribution >= 0.6 is 11.6 Å². The molecule has 1 aliphatic heterocycles. The monoisotopic (exact) mass is 462 g/mol. The van der Waals surface area contributed by atoms with E-state index in [1.165, 1.54) is 5.56 Å². The molecule has 3 N–H and O–H groups in total. The first-order chi connectivity index (χ1) is 16.0. The number of hydrogen-bond donors (Lipinski definition) is 3. The average molecular weight is 463 g/mol. The molecular weight excluding hydrogens is 436 g/mol. The summed E-state index contributed by atoms with van der Waals surface area (Å²) in [5.41, 5.74) is 14.0. The van der Waals surface area contributed by atoms with Gasteiger partial charge in [0.15, 0.2) is 0 Å².